The average Bonchev–Trinajstić information content (AvgIpc) is 2.46. The second-order valence-electron chi connectivity index (χ2n) is 4.67. The summed E-state index contributed by atoms with van der Waals surface area (Å²) in [6, 6.07) is 9.99. The monoisotopic (exact) mass is 299 g/mol. The summed E-state index contributed by atoms with van der Waals surface area (Å²) in [5.41, 5.74) is 0.998. The Morgan fingerprint density at radius 3 is 2.64 bits per heavy atom. The summed E-state index contributed by atoms with van der Waals surface area (Å²) in [6.07, 6.45) is 2.69. The Kier molecular flexibility index (Phi) is 4.68. The standard InChI is InChI=1S/C17H14FNO3/c1-11(20)19-14-6-8-17(22)15(10-14)16(21)7-5-12-3-2-4-13(18)9-12/h2-10,22H,1H3,(H,19,20)/b7-5+. The van der Waals surface area contributed by atoms with Crippen molar-refractivity contribution in [1.29, 1.82) is 0 Å². The number of anilines is 1. The number of aromatic hydroxyl groups is 1. The van der Waals surface area contributed by atoms with Gasteiger partial charge < -0.3 is 10.4 Å². The van der Waals surface area contributed by atoms with Crippen molar-refractivity contribution in [3.8, 4) is 5.75 Å². The fourth-order valence-electron chi connectivity index (χ4n) is 1.89. The van der Waals surface area contributed by atoms with E-state index in [1.54, 1.807) is 6.07 Å². The van der Waals surface area contributed by atoms with Gasteiger partial charge in [-0.3, -0.25) is 9.59 Å². The molecule has 0 unspecified atom stereocenters. The first-order chi connectivity index (χ1) is 10.5. The van der Waals surface area contributed by atoms with Crippen LogP contribution in [0, 0.1) is 5.82 Å². The molecule has 112 valence electrons. The van der Waals surface area contributed by atoms with Crippen LogP contribution in [0.25, 0.3) is 6.08 Å². The molecule has 0 atom stereocenters. The number of nitrogens with one attached hydrogen (secondary N) is 1. The van der Waals surface area contributed by atoms with E-state index in [4.69, 9.17) is 0 Å². The number of phenols is 1. The summed E-state index contributed by atoms with van der Waals surface area (Å²) in [5.74, 6) is -1.32. The lowest BCUT2D eigenvalue weighted by molar-refractivity contribution is -0.114. The first-order valence-electron chi connectivity index (χ1n) is 6.54. The minimum Gasteiger partial charge on any atom is -0.507 e. The molecule has 0 saturated carbocycles. The van der Waals surface area contributed by atoms with E-state index in [-0.39, 0.29) is 17.2 Å². The van der Waals surface area contributed by atoms with E-state index in [1.165, 1.54) is 55.5 Å². The third-order valence-corrected chi connectivity index (χ3v) is 2.86. The number of allylic oxidation sites excluding steroid dienone is 1. The van der Waals surface area contributed by atoms with Crippen LogP contribution >= 0.6 is 0 Å². The van der Waals surface area contributed by atoms with Crippen molar-refractivity contribution in [2.45, 2.75) is 6.92 Å². The van der Waals surface area contributed by atoms with E-state index in [1.807, 2.05) is 0 Å². The second kappa shape index (κ2) is 6.67. The van der Waals surface area contributed by atoms with Gasteiger partial charge in [-0.2, -0.15) is 0 Å². The number of rotatable bonds is 4. The largest absolute Gasteiger partial charge is 0.507 e. The Labute approximate surface area is 126 Å². The summed E-state index contributed by atoms with van der Waals surface area (Å²) in [5, 5.41) is 12.3. The Bertz CT molecular complexity index is 753. The van der Waals surface area contributed by atoms with Crippen molar-refractivity contribution in [1.82, 2.24) is 0 Å². The third kappa shape index (κ3) is 4.02. The Hall–Kier alpha value is -2.95. The molecule has 2 aromatic rings. The van der Waals surface area contributed by atoms with E-state index in [0.717, 1.165) is 0 Å². The normalized spacial score (nSPS) is 10.6. The maximum Gasteiger partial charge on any atom is 0.221 e. The lowest BCUT2D eigenvalue weighted by atomic mass is 10.1. The SMILES string of the molecule is CC(=O)Nc1ccc(O)c(C(=O)/C=C/c2cccc(F)c2)c1. The molecule has 0 aliphatic rings. The van der Waals surface area contributed by atoms with Crippen LogP contribution in [0.15, 0.2) is 48.5 Å². The molecule has 2 rings (SSSR count). The zero-order valence-electron chi connectivity index (χ0n) is 11.8. The van der Waals surface area contributed by atoms with E-state index >= 15 is 0 Å². The summed E-state index contributed by atoms with van der Waals surface area (Å²) >= 11 is 0. The smallest absolute Gasteiger partial charge is 0.221 e. The van der Waals surface area contributed by atoms with Gasteiger partial charge in [-0.25, -0.2) is 4.39 Å². The molecule has 0 aromatic heterocycles. The number of carbonyl (C=O) groups is 2. The molecule has 0 aliphatic carbocycles. The van der Waals surface area contributed by atoms with Crippen LogP contribution in [-0.4, -0.2) is 16.8 Å². The van der Waals surface area contributed by atoms with Gasteiger partial charge in [0.05, 0.1) is 5.56 Å². The molecule has 0 heterocycles. The molecule has 2 aromatic carbocycles. The van der Waals surface area contributed by atoms with Crippen LogP contribution in [0.4, 0.5) is 10.1 Å². The molecule has 0 spiro atoms. The summed E-state index contributed by atoms with van der Waals surface area (Å²) in [4.78, 5) is 23.1. The molecule has 0 saturated heterocycles. The molecular formula is C17H14FNO3. The zero-order chi connectivity index (χ0) is 16.1. The molecular weight excluding hydrogens is 285 g/mol. The highest BCUT2D eigenvalue weighted by Gasteiger charge is 2.10. The second-order valence-corrected chi connectivity index (χ2v) is 4.67. The Balaban J connectivity index is 2.23. The van der Waals surface area contributed by atoms with Gasteiger partial charge in [-0.15, -0.1) is 0 Å². The molecule has 0 radical (unpaired) electrons. The summed E-state index contributed by atoms with van der Waals surface area (Å²) in [6.45, 7) is 1.35. The maximum absolute atomic E-state index is 13.1. The molecule has 0 aliphatic heterocycles. The number of benzene rings is 2. The quantitative estimate of drug-likeness (QED) is 0.516. The van der Waals surface area contributed by atoms with Crippen LogP contribution in [-0.2, 0) is 4.79 Å². The topological polar surface area (TPSA) is 66.4 Å². The summed E-state index contributed by atoms with van der Waals surface area (Å²) in [7, 11) is 0. The molecule has 1 amide bonds. The van der Waals surface area contributed by atoms with Crippen LogP contribution < -0.4 is 5.32 Å². The van der Waals surface area contributed by atoms with Crippen LogP contribution in [0.5, 0.6) is 5.75 Å². The molecule has 0 fully saturated rings. The van der Waals surface area contributed by atoms with Gasteiger partial charge in [0, 0.05) is 12.6 Å². The van der Waals surface area contributed by atoms with Gasteiger partial charge in [0.1, 0.15) is 11.6 Å². The molecule has 5 heteroatoms. The minimum absolute atomic E-state index is 0.0545. The van der Waals surface area contributed by atoms with Gasteiger partial charge in [-0.1, -0.05) is 18.2 Å². The first kappa shape index (κ1) is 15.4. The van der Waals surface area contributed by atoms with E-state index in [0.29, 0.717) is 11.3 Å². The van der Waals surface area contributed by atoms with Gasteiger partial charge in [-0.05, 0) is 42.0 Å². The highest BCUT2D eigenvalue weighted by molar-refractivity contribution is 6.09. The number of amides is 1. The van der Waals surface area contributed by atoms with Crippen molar-refractivity contribution in [2.24, 2.45) is 0 Å². The fraction of sp³-hybridized carbons (Fsp3) is 0.0588. The van der Waals surface area contributed by atoms with Crippen molar-refractivity contribution in [2.75, 3.05) is 5.32 Å². The van der Waals surface area contributed by atoms with Gasteiger partial charge in [0.2, 0.25) is 5.91 Å². The highest BCUT2D eigenvalue weighted by atomic mass is 19.1. The van der Waals surface area contributed by atoms with Gasteiger partial charge in [0.25, 0.3) is 0 Å². The number of ketones is 1. The molecule has 4 nitrogen and oxygen atoms in total. The highest BCUT2D eigenvalue weighted by Crippen LogP contribution is 2.22. The Morgan fingerprint density at radius 2 is 1.95 bits per heavy atom. The maximum atomic E-state index is 13.1. The van der Waals surface area contributed by atoms with Crippen molar-refractivity contribution in [3.05, 3.63) is 65.5 Å². The lowest BCUT2D eigenvalue weighted by Gasteiger charge is -2.05. The summed E-state index contributed by atoms with van der Waals surface area (Å²) < 4.78 is 13.1. The predicted molar refractivity (Wildman–Crippen MR) is 82.2 cm³/mol. The van der Waals surface area contributed by atoms with E-state index < -0.39 is 11.6 Å². The number of hydrogen-bond donors (Lipinski definition) is 2. The molecule has 2 N–H and O–H groups in total. The first-order valence-corrected chi connectivity index (χ1v) is 6.54. The van der Waals surface area contributed by atoms with Gasteiger partial charge in [0.15, 0.2) is 5.78 Å². The van der Waals surface area contributed by atoms with Gasteiger partial charge >= 0.3 is 0 Å². The van der Waals surface area contributed by atoms with Crippen LogP contribution in [0.2, 0.25) is 0 Å². The zero-order valence-corrected chi connectivity index (χ0v) is 11.8. The fourth-order valence-corrected chi connectivity index (χ4v) is 1.89. The van der Waals surface area contributed by atoms with Crippen molar-refractivity contribution >= 4 is 23.5 Å². The van der Waals surface area contributed by atoms with E-state index in [9.17, 15) is 19.1 Å². The average molecular weight is 299 g/mol. The minimum atomic E-state index is -0.450. The van der Waals surface area contributed by atoms with Crippen LogP contribution in [0.3, 0.4) is 0 Å². The lowest BCUT2D eigenvalue weighted by Crippen LogP contribution is -2.06. The predicted octanol–water partition coefficient (Wildman–Crippen LogP) is 3.39. The number of hydrogen-bond acceptors (Lipinski definition) is 3. The van der Waals surface area contributed by atoms with Crippen molar-refractivity contribution in [3.63, 3.8) is 0 Å². The van der Waals surface area contributed by atoms with Crippen molar-refractivity contribution < 1.29 is 19.1 Å². The van der Waals surface area contributed by atoms with Crippen LogP contribution in [0.1, 0.15) is 22.8 Å². The van der Waals surface area contributed by atoms with E-state index in [2.05, 4.69) is 5.32 Å². The molecule has 0 bridgehead atoms. The number of carbonyl (C=O) groups excluding carboxylic acids is 2. The molecule has 22 heavy (non-hydrogen) atoms. The number of halogens is 1. The Morgan fingerprint density at radius 1 is 1.18 bits per heavy atom. The number of phenolic OH excluding ortho intramolecular Hbond substituents is 1. The third-order valence-electron chi connectivity index (χ3n) is 2.86.